The van der Waals surface area contributed by atoms with Crippen LogP contribution in [0.3, 0.4) is 0 Å². The third kappa shape index (κ3) is 10.7. The van der Waals surface area contributed by atoms with E-state index in [4.69, 9.17) is 23.9 Å². The summed E-state index contributed by atoms with van der Waals surface area (Å²) >= 11 is 0. The molecule has 66 heavy (non-hydrogen) atoms. The Labute approximate surface area is 382 Å². The summed E-state index contributed by atoms with van der Waals surface area (Å²) in [6.07, 6.45) is -1.50. The van der Waals surface area contributed by atoms with Gasteiger partial charge in [0.25, 0.3) is 5.91 Å². The van der Waals surface area contributed by atoms with Crippen LogP contribution < -0.4 is 29.6 Å². The number of pyridine rings is 1. The van der Waals surface area contributed by atoms with Gasteiger partial charge in [-0.3, -0.25) is 19.1 Å². The number of hydrogen-bond acceptors (Lipinski definition) is 11. The van der Waals surface area contributed by atoms with Gasteiger partial charge in [0.05, 0.1) is 30.7 Å². The summed E-state index contributed by atoms with van der Waals surface area (Å²) in [6.45, 7) is 8.61. The number of alkyl carbamates (subject to hydrolysis) is 1. The van der Waals surface area contributed by atoms with Crippen molar-refractivity contribution in [1.82, 2.24) is 25.2 Å². The first-order valence-electron chi connectivity index (χ1n) is 22.3. The molecule has 4 aliphatic rings. The molecule has 2 aliphatic heterocycles. The van der Waals surface area contributed by atoms with Crippen LogP contribution in [0.25, 0.3) is 22.0 Å². The van der Waals surface area contributed by atoms with E-state index in [2.05, 4.69) is 15.4 Å². The van der Waals surface area contributed by atoms with E-state index < -0.39 is 86.4 Å². The van der Waals surface area contributed by atoms with Crippen molar-refractivity contribution in [3.63, 3.8) is 0 Å². The fraction of sp³-hybridized carbons (Fsp3) is 0.553. The van der Waals surface area contributed by atoms with Crippen LogP contribution in [0.5, 0.6) is 17.4 Å². The number of rotatable bonds is 11. The molecule has 7 rings (SSSR count). The van der Waals surface area contributed by atoms with Gasteiger partial charge in [0, 0.05) is 23.3 Å². The highest BCUT2D eigenvalue weighted by Crippen LogP contribution is 2.46. The molecule has 0 unspecified atom stereocenters. The zero-order chi connectivity index (χ0) is 47.9. The number of methoxy groups -OCH3 is 1. The van der Waals surface area contributed by atoms with Crippen molar-refractivity contribution in [3.8, 4) is 28.6 Å². The minimum absolute atomic E-state index is 0.0430. The smallest absolute Gasteiger partial charge is 0.427 e. The number of carbonyl (C=O) groups excluding carboxylic acids is 4. The fourth-order valence-corrected chi connectivity index (χ4v) is 10.0. The van der Waals surface area contributed by atoms with E-state index in [-0.39, 0.29) is 37.3 Å². The van der Waals surface area contributed by atoms with Crippen LogP contribution in [0.15, 0.2) is 60.7 Å². The molecule has 3 aromatic rings. The molecule has 1 aromatic heterocycles. The highest BCUT2D eigenvalue weighted by atomic mass is 32.2. The predicted molar refractivity (Wildman–Crippen MR) is 238 cm³/mol. The van der Waals surface area contributed by atoms with Crippen LogP contribution in [0.1, 0.15) is 86.5 Å². The van der Waals surface area contributed by atoms with Gasteiger partial charge in [-0.05, 0) is 132 Å². The maximum absolute atomic E-state index is 15.0. The highest BCUT2D eigenvalue weighted by Gasteiger charge is 2.62. The lowest BCUT2D eigenvalue weighted by Crippen LogP contribution is -2.59. The van der Waals surface area contributed by atoms with Gasteiger partial charge in [0.15, 0.2) is 0 Å². The Bertz CT molecular complexity index is 2480. The van der Waals surface area contributed by atoms with Gasteiger partial charge >= 0.3 is 12.3 Å². The molecule has 0 radical (unpaired) electrons. The second-order valence-electron chi connectivity index (χ2n) is 18.9. The summed E-state index contributed by atoms with van der Waals surface area (Å²) in [5.41, 5.74) is -3.31. The molecule has 2 aromatic carbocycles. The maximum atomic E-state index is 15.0. The van der Waals surface area contributed by atoms with Gasteiger partial charge in [-0.25, -0.2) is 18.2 Å². The Balaban J connectivity index is 1.26. The van der Waals surface area contributed by atoms with Crippen LogP contribution in [-0.2, 0) is 29.1 Å². The molecule has 3 N–H and O–H groups in total. The quantitative estimate of drug-likeness (QED) is 0.168. The van der Waals surface area contributed by atoms with Crippen molar-refractivity contribution < 1.29 is 59.7 Å². The first-order chi connectivity index (χ1) is 31.0. The minimum atomic E-state index is -4.93. The number of allylic oxidation sites excluding steroid dienone is 1. The number of halogens is 3. The maximum Gasteiger partial charge on any atom is 0.427 e. The zero-order valence-corrected chi connectivity index (χ0v) is 38.9. The van der Waals surface area contributed by atoms with Crippen molar-refractivity contribution >= 4 is 44.6 Å². The average Bonchev–Trinajstić information content (AvgIpc) is 4.17. The molecule has 0 spiro atoms. The minimum Gasteiger partial charge on any atom is -0.497 e. The summed E-state index contributed by atoms with van der Waals surface area (Å²) in [6, 6.07) is 11.7. The number of nitrogens with zero attached hydrogens (tertiary/aromatic N) is 2. The molecule has 3 fully saturated rings. The largest absolute Gasteiger partial charge is 0.497 e. The summed E-state index contributed by atoms with van der Waals surface area (Å²) in [4.78, 5) is 63.1. The molecular formula is C47H58F3N5O10S. The zero-order valence-electron chi connectivity index (χ0n) is 38.1. The van der Waals surface area contributed by atoms with Crippen LogP contribution in [-0.4, -0.2) is 103 Å². The lowest BCUT2D eigenvalue weighted by molar-refractivity contribution is -0.244. The fourth-order valence-electron chi connectivity index (χ4n) is 8.65. The standard InChI is InChI=1S/C47H58F3N5O10S/c1-26(2)63-32-14-12-29(13-15-32)37-22-30-21-33(62-7)16-19-36(30)41(51-37)64-34-23-38-40(56)53-46(43(58)54-66(60,61)35-17-18-35)24-31(46)11-9-8-10-27(3)20-28(4)39(42(57)55(38)25-34)52-44(59)65-45(5,6)47(48,49)50/h9,11-16,19,21-22,26-28,31,34-35,38-39H,8,10,17-18,20,23-25H2,1-7H3,(H,52,59)(H,53,56)(H,54,58)/b11-9-/t27-,28-,31+,34-,38+,39+,46-/m1/s1. The number of alkyl halides is 3. The Kier molecular flexibility index (Phi) is 13.6. The summed E-state index contributed by atoms with van der Waals surface area (Å²) in [5, 5.41) is 5.79. The number of sulfonamides is 1. The molecule has 7 atom stereocenters. The SMILES string of the molecule is COc1ccc2c(O[C@@H]3C[C@H]4C(=O)N[C@]5(C(=O)NS(=O)(=O)C6CC6)C[C@@H]5/C=C\CC[C@@H](C)C[C@@H](C)[C@H](NC(=O)OC(C)(C)C(F)(F)F)C(=O)N4C3)nc(-c3ccc(OC(C)C)cc3)cc2c1. The molecule has 1 saturated heterocycles. The number of amides is 4. The summed E-state index contributed by atoms with van der Waals surface area (Å²) in [5.74, 6) is -2.37. The van der Waals surface area contributed by atoms with Crippen LogP contribution in [0.4, 0.5) is 18.0 Å². The second-order valence-corrected chi connectivity index (χ2v) is 20.8. The number of benzene rings is 2. The third-order valence-corrected chi connectivity index (χ3v) is 14.5. The number of aromatic nitrogens is 1. The lowest BCUT2D eigenvalue weighted by atomic mass is 9.88. The normalized spacial score (nSPS) is 26.8. The van der Waals surface area contributed by atoms with E-state index in [0.29, 0.717) is 73.9 Å². The van der Waals surface area contributed by atoms with Gasteiger partial charge in [0.1, 0.15) is 35.2 Å². The Morgan fingerprint density at radius 3 is 2.33 bits per heavy atom. The van der Waals surface area contributed by atoms with E-state index in [1.54, 1.807) is 25.1 Å². The highest BCUT2D eigenvalue weighted by molar-refractivity contribution is 7.91. The third-order valence-electron chi connectivity index (χ3n) is 12.7. The number of nitrogens with one attached hydrogen (secondary N) is 3. The van der Waals surface area contributed by atoms with Crippen molar-refractivity contribution in [3.05, 3.63) is 60.7 Å². The first kappa shape index (κ1) is 48.3. The molecule has 358 valence electrons. The number of carbonyl (C=O) groups is 4. The molecule has 0 bridgehead atoms. The van der Waals surface area contributed by atoms with E-state index in [0.717, 1.165) is 5.56 Å². The van der Waals surface area contributed by atoms with Crippen LogP contribution in [0.2, 0.25) is 0 Å². The van der Waals surface area contributed by atoms with Crippen molar-refractivity contribution in [1.29, 1.82) is 0 Å². The van der Waals surface area contributed by atoms with E-state index in [1.807, 2.05) is 63.2 Å². The van der Waals surface area contributed by atoms with Gasteiger partial charge in [-0.2, -0.15) is 13.2 Å². The number of ether oxygens (including phenoxy) is 4. The molecule has 2 aliphatic carbocycles. The van der Waals surface area contributed by atoms with Gasteiger partial charge < -0.3 is 34.5 Å². The number of fused-ring (bicyclic) bond motifs is 3. The van der Waals surface area contributed by atoms with Gasteiger partial charge in [-0.15, -0.1) is 0 Å². The molecule has 3 heterocycles. The predicted octanol–water partition coefficient (Wildman–Crippen LogP) is 6.98. The van der Waals surface area contributed by atoms with Crippen molar-refractivity contribution in [2.75, 3.05) is 13.7 Å². The summed E-state index contributed by atoms with van der Waals surface area (Å²) in [7, 11) is -2.47. The van der Waals surface area contributed by atoms with Crippen molar-refractivity contribution in [2.45, 2.75) is 133 Å². The van der Waals surface area contributed by atoms with Crippen LogP contribution in [0, 0.1) is 17.8 Å². The molecule has 19 heteroatoms. The van der Waals surface area contributed by atoms with E-state index in [9.17, 15) is 36.0 Å². The second kappa shape index (κ2) is 18.6. The van der Waals surface area contributed by atoms with Gasteiger partial charge in [-0.1, -0.05) is 26.0 Å². The van der Waals surface area contributed by atoms with E-state index in [1.165, 1.54) is 12.0 Å². The summed E-state index contributed by atoms with van der Waals surface area (Å²) < 4.78 is 92.7. The number of hydrogen-bond donors (Lipinski definition) is 3. The molecule has 2 saturated carbocycles. The Hall–Kier alpha value is -5.59. The van der Waals surface area contributed by atoms with Gasteiger partial charge in [0.2, 0.25) is 33.3 Å². The van der Waals surface area contributed by atoms with Crippen molar-refractivity contribution in [2.24, 2.45) is 17.8 Å². The topological polar surface area (TPSA) is 192 Å². The lowest BCUT2D eigenvalue weighted by Gasteiger charge is -2.34. The Morgan fingerprint density at radius 1 is 0.985 bits per heavy atom. The average molecular weight is 942 g/mol. The molecule has 15 nitrogen and oxygen atoms in total. The monoisotopic (exact) mass is 941 g/mol. The van der Waals surface area contributed by atoms with E-state index >= 15 is 4.79 Å². The Morgan fingerprint density at radius 2 is 1.68 bits per heavy atom. The first-order valence-corrected chi connectivity index (χ1v) is 23.9. The molecule has 4 amide bonds. The molecular weight excluding hydrogens is 884 g/mol. The van der Waals surface area contributed by atoms with Crippen LogP contribution >= 0.6 is 0 Å².